The van der Waals surface area contributed by atoms with Gasteiger partial charge in [0.1, 0.15) is 0 Å². The molecule has 0 heteroatoms. The van der Waals surface area contributed by atoms with Crippen molar-refractivity contribution in [2.24, 2.45) is 40.4 Å². The Kier molecular flexibility index (Phi) is 5.34. The van der Waals surface area contributed by atoms with Crippen LogP contribution in [0.4, 0.5) is 0 Å². The van der Waals surface area contributed by atoms with Crippen molar-refractivity contribution in [2.45, 2.75) is 67.7 Å². The van der Waals surface area contributed by atoms with Crippen LogP contribution in [0.2, 0.25) is 0 Å². The molecule has 3 rings (SSSR count). The summed E-state index contributed by atoms with van der Waals surface area (Å²) in [7, 11) is 0. The highest BCUT2D eigenvalue weighted by atomic mass is 14.6. The van der Waals surface area contributed by atoms with E-state index in [9.17, 15) is 0 Å². The first-order valence-corrected chi connectivity index (χ1v) is 9.82. The zero-order valence-corrected chi connectivity index (χ0v) is 16.5. The van der Waals surface area contributed by atoms with Crippen LogP contribution in [0, 0.1) is 40.4 Å². The quantitative estimate of drug-likeness (QED) is 0.455. The predicted molar refractivity (Wildman–Crippen MR) is 103 cm³/mol. The highest BCUT2D eigenvalue weighted by molar-refractivity contribution is 5.24. The first kappa shape index (κ1) is 18.6. The highest BCUT2D eigenvalue weighted by Gasteiger charge is 2.52. The lowest BCUT2D eigenvalue weighted by atomic mass is 9.47. The molecule has 0 heterocycles. The molecule has 130 valence electrons. The zero-order valence-electron chi connectivity index (χ0n) is 16.5. The van der Waals surface area contributed by atoms with Crippen molar-refractivity contribution in [2.75, 3.05) is 0 Å². The maximum atomic E-state index is 4.31. The standard InChI is InChI=1S/C21H32.C2H6/c1-14(2)20(5)12-10-19-18(16(20)4)8-7-17-13-15(3)9-11-21(17,19)6;1-2/h7-9,11,15-19H,1,10,12-13H2,2-6H3;1-2H3. The average Bonchev–Trinajstić information content (AvgIpc) is 2.53. The SMILES string of the molecule is C=C(C)C1(C)CCC2C(C=CC3CC(C)C=CC32C)C1C.CC. The maximum Gasteiger partial charge on any atom is -0.00495 e. The summed E-state index contributed by atoms with van der Waals surface area (Å²) in [5.74, 6) is 3.74. The van der Waals surface area contributed by atoms with Gasteiger partial charge in [-0.1, -0.05) is 78.0 Å². The summed E-state index contributed by atoms with van der Waals surface area (Å²) < 4.78 is 0. The monoisotopic (exact) mass is 314 g/mol. The Morgan fingerprint density at radius 1 is 1.09 bits per heavy atom. The predicted octanol–water partition coefficient (Wildman–Crippen LogP) is 7.05. The second-order valence-corrected chi connectivity index (χ2v) is 8.64. The molecular formula is C23H38. The van der Waals surface area contributed by atoms with Gasteiger partial charge in [-0.2, -0.15) is 0 Å². The summed E-state index contributed by atoms with van der Waals surface area (Å²) >= 11 is 0. The summed E-state index contributed by atoms with van der Waals surface area (Å²) in [5.41, 5.74) is 2.08. The van der Waals surface area contributed by atoms with Gasteiger partial charge in [0.25, 0.3) is 0 Å². The molecule has 0 amide bonds. The summed E-state index contributed by atoms with van der Waals surface area (Å²) in [6.45, 7) is 20.3. The van der Waals surface area contributed by atoms with Gasteiger partial charge in [0.15, 0.2) is 0 Å². The topological polar surface area (TPSA) is 0 Å². The van der Waals surface area contributed by atoms with E-state index in [1.807, 2.05) is 13.8 Å². The van der Waals surface area contributed by atoms with E-state index in [0.29, 0.717) is 16.7 Å². The molecule has 0 radical (unpaired) electrons. The summed E-state index contributed by atoms with van der Waals surface area (Å²) in [6, 6.07) is 0. The van der Waals surface area contributed by atoms with E-state index in [4.69, 9.17) is 0 Å². The van der Waals surface area contributed by atoms with Gasteiger partial charge < -0.3 is 0 Å². The Bertz CT molecular complexity index is 496. The number of fused-ring (bicyclic) bond motifs is 3. The van der Waals surface area contributed by atoms with E-state index in [1.165, 1.54) is 24.8 Å². The van der Waals surface area contributed by atoms with Gasteiger partial charge in [0.05, 0.1) is 0 Å². The fourth-order valence-electron chi connectivity index (χ4n) is 5.45. The third-order valence-electron chi connectivity index (χ3n) is 7.57. The maximum absolute atomic E-state index is 4.31. The first-order valence-electron chi connectivity index (χ1n) is 9.82. The minimum Gasteiger partial charge on any atom is -0.0996 e. The molecule has 0 aromatic rings. The Balaban J connectivity index is 0.000000924. The van der Waals surface area contributed by atoms with E-state index in [1.54, 1.807) is 0 Å². The lowest BCUT2D eigenvalue weighted by Gasteiger charge is -2.57. The third-order valence-corrected chi connectivity index (χ3v) is 7.57. The molecule has 0 bridgehead atoms. The van der Waals surface area contributed by atoms with Gasteiger partial charge in [-0.15, -0.1) is 0 Å². The first-order chi connectivity index (χ1) is 10.8. The summed E-state index contributed by atoms with van der Waals surface area (Å²) in [5, 5.41) is 0. The molecule has 3 aliphatic rings. The Hall–Kier alpha value is -0.780. The second-order valence-electron chi connectivity index (χ2n) is 8.64. The minimum atomic E-state index is 0.320. The van der Waals surface area contributed by atoms with Gasteiger partial charge in [0.2, 0.25) is 0 Å². The fraction of sp³-hybridized carbons (Fsp3) is 0.739. The molecule has 0 saturated heterocycles. The Morgan fingerprint density at radius 3 is 2.35 bits per heavy atom. The molecular weight excluding hydrogens is 276 g/mol. The number of rotatable bonds is 1. The van der Waals surface area contributed by atoms with Crippen molar-refractivity contribution in [3.8, 4) is 0 Å². The lowest BCUT2D eigenvalue weighted by molar-refractivity contribution is -0.00465. The van der Waals surface area contributed by atoms with E-state index in [-0.39, 0.29) is 0 Å². The fourth-order valence-corrected chi connectivity index (χ4v) is 5.45. The van der Waals surface area contributed by atoms with Crippen LogP contribution in [0.25, 0.3) is 0 Å². The van der Waals surface area contributed by atoms with Crippen LogP contribution in [0.5, 0.6) is 0 Å². The molecule has 23 heavy (non-hydrogen) atoms. The van der Waals surface area contributed by atoms with E-state index in [0.717, 1.165) is 23.7 Å². The molecule has 1 fully saturated rings. The molecule has 0 N–H and O–H groups in total. The van der Waals surface area contributed by atoms with Crippen molar-refractivity contribution in [3.05, 3.63) is 36.5 Å². The van der Waals surface area contributed by atoms with Crippen molar-refractivity contribution in [1.29, 1.82) is 0 Å². The molecule has 0 nitrogen and oxygen atoms in total. The van der Waals surface area contributed by atoms with Crippen LogP contribution >= 0.6 is 0 Å². The van der Waals surface area contributed by atoms with Crippen LogP contribution < -0.4 is 0 Å². The van der Waals surface area contributed by atoms with Crippen molar-refractivity contribution >= 4 is 0 Å². The molecule has 7 unspecified atom stereocenters. The van der Waals surface area contributed by atoms with Crippen molar-refractivity contribution in [1.82, 2.24) is 0 Å². The van der Waals surface area contributed by atoms with Crippen molar-refractivity contribution in [3.63, 3.8) is 0 Å². The smallest absolute Gasteiger partial charge is 0.00495 e. The molecule has 0 spiro atoms. The molecule has 0 aromatic heterocycles. The Morgan fingerprint density at radius 2 is 1.74 bits per heavy atom. The van der Waals surface area contributed by atoms with Crippen LogP contribution in [-0.4, -0.2) is 0 Å². The second kappa shape index (κ2) is 6.61. The van der Waals surface area contributed by atoms with Gasteiger partial charge in [-0.05, 0) is 66.6 Å². The number of hydrogen-bond donors (Lipinski definition) is 0. The van der Waals surface area contributed by atoms with Gasteiger partial charge >= 0.3 is 0 Å². The van der Waals surface area contributed by atoms with Crippen molar-refractivity contribution < 1.29 is 0 Å². The van der Waals surface area contributed by atoms with Gasteiger partial charge in [-0.3, -0.25) is 0 Å². The Labute approximate surface area is 145 Å². The molecule has 1 saturated carbocycles. The van der Waals surface area contributed by atoms with Crippen LogP contribution in [-0.2, 0) is 0 Å². The molecule has 7 atom stereocenters. The van der Waals surface area contributed by atoms with Gasteiger partial charge in [0, 0.05) is 0 Å². The average molecular weight is 315 g/mol. The van der Waals surface area contributed by atoms with E-state index in [2.05, 4.69) is 65.5 Å². The number of allylic oxidation sites excluding steroid dienone is 5. The number of hydrogen-bond acceptors (Lipinski definition) is 0. The highest BCUT2D eigenvalue weighted by Crippen LogP contribution is 2.60. The van der Waals surface area contributed by atoms with Gasteiger partial charge in [-0.25, -0.2) is 0 Å². The lowest BCUT2D eigenvalue weighted by Crippen LogP contribution is -2.50. The molecule has 3 aliphatic carbocycles. The summed E-state index contributed by atoms with van der Waals surface area (Å²) in [4.78, 5) is 0. The zero-order chi connectivity index (χ0) is 17.4. The van der Waals surface area contributed by atoms with Crippen LogP contribution in [0.1, 0.15) is 67.7 Å². The van der Waals surface area contributed by atoms with Crippen LogP contribution in [0.15, 0.2) is 36.5 Å². The third kappa shape index (κ3) is 2.87. The van der Waals surface area contributed by atoms with E-state index < -0.39 is 0 Å². The molecule has 0 aromatic carbocycles. The molecule has 0 aliphatic heterocycles. The largest absolute Gasteiger partial charge is 0.0996 e. The summed E-state index contributed by atoms with van der Waals surface area (Å²) in [6.07, 6.45) is 14.2. The normalized spacial score (nSPS) is 47.9. The van der Waals surface area contributed by atoms with E-state index >= 15 is 0 Å². The van der Waals surface area contributed by atoms with Crippen LogP contribution in [0.3, 0.4) is 0 Å². The minimum absolute atomic E-state index is 0.320.